The molecule has 0 aliphatic rings. The number of oxazole rings is 1. The number of fused-ring (bicyclic) bond motifs is 13. The lowest BCUT2D eigenvalue weighted by atomic mass is 9.93. The Kier molecular flexibility index (Phi) is 11.0. The topological polar surface area (TPSA) is 249 Å². The van der Waals surface area contributed by atoms with E-state index >= 15 is 0 Å². The number of aromatic nitrogens is 6. The summed E-state index contributed by atoms with van der Waals surface area (Å²) in [5.74, 6) is 0.143. The van der Waals surface area contributed by atoms with Crippen molar-refractivity contribution in [1.82, 2.24) is 28.2 Å². The van der Waals surface area contributed by atoms with Gasteiger partial charge in [-0.3, -0.25) is 4.98 Å². The highest BCUT2D eigenvalue weighted by Crippen LogP contribution is 2.55. The van der Waals surface area contributed by atoms with Crippen molar-refractivity contribution in [3.63, 3.8) is 0 Å². The second kappa shape index (κ2) is 19.3. The predicted octanol–water partition coefficient (Wildman–Crippen LogP) is 15.9. The van der Waals surface area contributed by atoms with Crippen LogP contribution in [0.4, 0.5) is 0 Å². The fraction of sp³-hybridized carbons (Fsp3) is 0. The number of hydrogen-bond donors (Lipinski definition) is 0. The molecule has 0 fully saturated rings. The van der Waals surface area contributed by atoms with Gasteiger partial charge >= 0.3 is 0 Å². The highest BCUT2D eigenvalue weighted by atomic mass is 16.3. The molecule has 0 saturated carbocycles. The van der Waals surface area contributed by atoms with Gasteiger partial charge in [0.15, 0.2) is 5.58 Å². The molecule has 16 aromatic rings. The molecular weight excluding hydrogens is 1100 g/mol. The standard InChI is InChI=1S/C74H32N14O/c75-32-41-7-15-59-50(24-41)51-25-42(33-76)8-16-60(51)85(59)70-68(49-4-3-23-83-40-49)71(86-61-17-9-43(34-77)26-52(61)53-27-44(35-78)10-18-62(53)86)73(88-65-21-13-47(38-81)30-56(65)57-31-48(39-82)14-22-66(57)88)69(74-84-58-5-1-2-6-67(58)89-74)72(70)87-63-19-11-45(36-79)28-54(63)55-29-46(37-80)12-20-64(55)87/h1-31,40H. The van der Waals surface area contributed by atoms with Gasteiger partial charge in [0.25, 0.3) is 0 Å². The molecule has 0 N–H and O–H groups in total. The molecular formula is C74H32N14O. The van der Waals surface area contributed by atoms with E-state index in [1.165, 1.54) is 0 Å². The summed E-state index contributed by atoms with van der Waals surface area (Å²) in [5, 5.41) is 90.2. The summed E-state index contributed by atoms with van der Waals surface area (Å²) in [6.07, 6.45) is 3.48. The van der Waals surface area contributed by atoms with Crippen molar-refractivity contribution in [2.24, 2.45) is 0 Å². The first kappa shape index (κ1) is 50.6. The molecule has 0 bridgehead atoms. The van der Waals surface area contributed by atoms with Gasteiger partial charge in [0.05, 0.1) is 166 Å². The third-order valence-corrected chi connectivity index (χ3v) is 16.8. The quantitative estimate of drug-likeness (QED) is 0.151. The van der Waals surface area contributed by atoms with Crippen molar-refractivity contribution in [2.45, 2.75) is 0 Å². The lowest BCUT2D eigenvalue weighted by Gasteiger charge is -2.30. The van der Waals surface area contributed by atoms with E-state index in [1.54, 1.807) is 60.9 Å². The third-order valence-electron chi connectivity index (χ3n) is 16.8. The molecule has 0 radical (unpaired) electrons. The minimum Gasteiger partial charge on any atom is -0.436 e. The summed E-state index contributed by atoms with van der Waals surface area (Å²) in [4.78, 5) is 10.4. The molecule has 15 nitrogen and oxygen atoms in total. The molecule has 404 valence electrons. The van der Waals surface area contributed by atoms with Crippen molar-refractivity contribution in [3.8, 4) is 93.9 Å². The molecule has 0 atom stereocenters. The van der Waals surface area contributed by atoms with E-state index in [9.17, 15) is 42.1 Å². The van der Waals surface area contributed by atoms with E-state index in [1.807, 2.05) is 133 Å². The van der Waals surface area contributed by atoms with Gasteiger partial charge in [-0.2, -0.15) is 42.1 Å². The van der Waals surface area contributed by atoms with Gasteiger partial charge in [-0.1, -0.05) is 18.2 Å². The number of hydrogen-bond acceptors (Lipinski definition) is 11. The van der Waals surface area contributed by atoms with Gasteiger partial charge in [0.2, 0.25) is 5.89 Å². The van der Waals surface area contributed by atoms with Crippen LogP contribution < -0.4 is 0 Å². The van der Waals surface area contributed by atoms with Crippen LogP contribution in [0.1, 0.15) is 44.5 Å². The average molecular weight is 1130 g/mol. The number of rotatable bonds is 6. The Hall–Kier alpha value is -14.1. The zero-order valence-electron chi connectivity index (χ0n) is 46.1. The zero-order chi connectivity index (χ0) is 60.3. The van der Waals surface area contributed by atoms with Gasteiger partial charge in [0.1, 0.15) is 5.52 Å². The molecule has 15 heteroatoms. The Morgan fingerprint density at radius 2 is 0.584 bits per heavy atom. The van der Waals surface area contributed by atoms with Crippen molar-refractivity contribution in [2.75, 3.05) is 0 Å². The third kappa shape index (κ3) is 7.30. The van der Waals surface area contributed by atoms with Crippen molar-refractivity contribution >= 4 is 98.3 Å². The first-order valence-corrected chi connectivity index (χ1v) is 27.8. The van der Waals surface area contributed by atoms with Crippen LogP contribution in [0, 0.1) is 90.6 Å². The maximum absolute atomic E-state index is 10.6. The van der Waals surface area contributed by atoms with Crippen molar-refractivity contribution in [1.29, 1.82) is 42.1 Å². The van der Waals surface area contributed by atoms with Crippen LogP contribution in [0.25, 0.3) is 144 Å². The summed E-state index contributed by atoms with van der Waals surface area (Å²) in [7, 11) is 0. The first-order valence-electron chi connectivity index (χ1n) is 27.8. The second-order valence-corrected chi connectivity index (χ2v) is 21.5. The minimum atomic E-state index is 0.143. The number of pyridine rings is 1. The van der Waals surface area contributed by atoms with Gasteiger partial charge in [0, 0.05) is 66.6 Å². The summed E-state index contributed by atoms with van der Waals surface area (Å²) in [5.41, 5.74) is 12.5. The van der Waals surface area contributed by atoms with Crippen LogP contribution >= 0.6 is 0 Å². The lowest BCUT2D eigenvalue weighted by molar-refractivity contribution is 0.619. The number of para-hydroxylation sites is 2. The van der Waals surface area contributed by atoms with Crippen molar-refractivity contribution < 1.29 is 4.42 Å². The highest BCUT2D eigenvalue weighted by molar-refractivity contribution is 6.19. The molecule has 0 aliphatic heterocycles. The largest absolute Gasteiger partial charge is 0.436 e. The molecule has 6 heterocycles. The van der Waals surface area contributed by atoms with Crippen molar-refractivity contribution in [3.05, 3.63) is 239 Å². The first-order chi connectivity index (χ1) is 43.8. The van der Waals surface area contributed by atoms with E-state index in [2.05, 4.69) is 66.8 Å². The Labute approximate surface area is 503 Å². The van der Waals surface area contributed by atoms with Crippen LogP contribution in [0.5, 0.6) is 0 Å². The molecule has 89 heavy (non-hydrogen) atoms. The zero-order valence-corrected chi connectivity index (χ0v) is 46.1. The molecule has 6 aromatic heterocycles. The van der Waals surface area contributed by atoms with Crippen LogP contribution in [-0.2, 0) is 0 Å². The summed E-state index contributed by atoms with van der Waals surface area (Å²) < 4.78 is 15.8. The van der Waals surface area contributed by atoms with E-state index in [0.717, 1.165) is 0 Å². The Balaban J connectivity index is 1.31. The second-order valence-electron chi connectivity index (χ2n) is 21.5. The molecule has 0 saturated heterocycles. The molecule has 0 spiro atoms. The van der Waals surface area contributed by atoms with Crippen LogP contribution in [0.15, 0.2) is 199 Å². The monoisotopic (exact) mass is 1130 g/mol. The Morgan fingerprint density at radius 1 is 0.303 bits per heavy atom. The number of benzene rings is 10. The molecule has 10 aromatic carbocycles. The normalized spacial score (nSPS) is 11.3. The van der Waals surface area contributed by atoms with Crippen LogP contribution in [0.2, 0.25) is 0 Å². The highest BCUT2D eigenvalue weighted by Gasteiger charge is 2.37. The molecule has 0 amide bonds. The fourth-order valence-corrected chi connectivity index (χ4v) is 13.1. The lowest BCUT2D eigenvalue weighted by Crippen LogP contribution is -2.16. The summed E-state index contributed by atoms with van der Waals surface area (Å²) in [6, 6.07) is 73.7. The maximum Gasteiger partial charge on any atom is 0.231 e. The van der Waals surface area contributed by atoms with Gasteiger partial charge < -0.3 is 22.7 Å². The number of nitriles is 8. The minimum absolute atomic E-state index is 0.143. The molecule has 16 rings (SSSR count). The van der Waals surface area contributed by atoms with Gasteiger partial charge in [-0.15, -0.1) is 0 Å². The maximum atomic E-state index is 10.6. The smallest absolute Gasteiger partial charge is 0.231 e. The number of nitrogens with zero attached hydrogens (tertiary/aromatic N) is 14. The van der Waals surface area contributed by atoms with Crippen LogP contribution in [-0.4, -0.2) is 28.2 Å². The predicted molar refractivity (Wildman–Crippen MR) is 338 cm³/mol. The Bertz CT molecular complexity index is 5650. The fourth-order valence-electron chi connectivity index (χ4n) is 13.1. The summed E-state index contributed by atoms with van der Waals surface area (Å²) in [6.45, 7) is 0. The Morgan fingerprint density at radius 3 is 0.843 bits per heavy atom. The molecule has 0 aliphatic carbocycles. The van der Waals surface area contributed by atoms with E-state index in [0.29, 0.717) is 182 Å². The van der Waals surface area contributed by atoms with Crippen LogP contribution in [0.3, 0.4) is 0 Å². The molecule has 0 unspecified atom stereocenters. The van der Waals surface area contributed by atoms with E-state index in [-0.39, 0.29) is 5.89 Å². The van der Waals surface area contributed by atoms with E-state index < -0.39 is 0 Å². The SMILES string of the molecule is N#Cc1ccc2c(c1)c1cc(C#N)ccc1n2-c1c(-c2cccnc2)c(-n2c3ccc(C#N)cc3c3cc(C#N)ccc32)c(-n2c3ccc(C#N)cc3c3cc(C#N)ccc32)c(-c2nc3ccccc3o2)c1-n1c2ccc(C#N)cc2c2cc(C#N)ccc21. The van der Waals surface area contributed by atoms with Gasteiger partial charge in [-0.25, -0.2) is 4.98 Å². The van der Waals surface area contributed by atoms with Gasteiger partial charge in [-0.05, 0) is 164 Å². The average Bonchev–Trinajstić information content (AvgIpc) is 1.60. The summed E-state index contributed by atoms with van der Waals surface area (Å²) >= 11 is 0. The van der Waals surface area contributed by atoms with E-state index in [4.69, 9.17) is 14.4 Å².